The second kappa shape index (κ2) is 8.86. The Kier molecular flexibility index (Phi) is 6.26. The third-order valence-corrected chi connectivity index (χ3v) is 5.11. The SMILES string of the molecule is COc1cc2c(cc1OC)[C@@H](CNC(C)=O)N(C(=O)Nc1ccc(C)cc1)CC2. The summed E-state index contributed by atoms with van der Waals surface area (Å²) in [6.07, 6.45) is 0.688. The minimum atomic E-state index is -0.312. The fraction of sp³-hybridized carbons (Fsp3) is 0.364. The van der Waals surface area contributed by atoms with Crippen LogP contribution in [0.4, 0.5) is 10.5 Å². The van der Waals surface area contributed by atoms with Gasteiger partial charge in [0.1, 0.15) is 0 Å². The molecule has 0 bridgehead atoms. The monoisotopic (exact) mass is 397 g/mol. The van der Waals surface area contributed by atoms with E-state index in [2.05, 4.69) is 10.6 Å². The Labute approximate surface area is 171 Å². The van der Waals surface area contributed by atoms with Crippen molar-refractivity contribution in [3.05, 3.63) is 53.1 Å². The van der Waals surface area contributed by atoms with Crippen molar-refractivity contribution in [2.75, 3.05) is 32.6 Å². The summed E-state index contributed by atoms with van der Waals surface area (Å²) in [6, 6.07) is 11.0. The molecule has 2 aromatic carbocycles. The molecule has 1 heterocycles. The van der Waals surface area contributed by atoms with Gasteiger partial charge in [-0.15, -0.1) is 0 Å². The van der Waals surface area contributed by atoms with E-state index in [-0.39, 0.29) is 18.0 Å². The van der Waals surface area contributed by atoms with Crippen LogP contribution in [-0.4, -0.2) is 44.1 Å². The summed E-state index contributed by atoms with van der Waals surface area (Å²) in [5.74, 6) is 1.11. The number of aryl methyl sites for hydroxylation is 1. The molecule has 2 aromatic rings. The number of ether oxygens (including phenoxy) is 2. The van der Waals surface area contributed by atoms with Crippen LogP contribution in [-0.2, 0) is 11.2 Å². The Hall–Kier alpha value is -3.22. The molecule has 0 spiro atoms. The van der Waals surface area contributed by atoms with Gasteiger partial charge in [-0.2, -0.15) is 0 Å². The van der Waals surface area contributed by atoms with Gasteiger partial charge in [0, 0.05) is 25.7 Å². The van der Waals surface area contributed by atoms with E-state index in [1.807, 2.05) is 43.3 Å². The van der Waals surface area contributed by atoms with Gasteiger partial charge in [-0.05, 0) is 48.7 Å². The fourth-order valence-electron chi connectivity index (χ4n) is 3.56. The quantitative estimate of drug-likeness (QED) is 0.811. The van der Waals surface area contributed by atoms with Crippen molar-refractivity contribution in [1.82, 2.24) is 10.2 Å². The molecule has 7 nitrogen and oxygen atoms in total. The largest absolute Gasteiger partial charge is 0.493 e. The first-order valence-electron chi connectivity index (χ1n) is 9.56. The summed E-state index contributed by atoms with van der Waals surface area (Å²) in [5, 5.41) is 5.80. The first-order chi connectivity index (χ1) is 13.9. The standard InChI is InChI=1S/C22H27N3O4/c1-14-5-7-17(8-6-14)24-22(27)25-10-9-16-11-20(28-3)21(29-4)12-18(16)19(25)13-23-15(2)26/h5-8,11-12,19H,9-10,13H2,1-4H3,(H,23,26)(H,24,27)/t19-/m1/s1. The number of methoxy groups -OCH3 is 2. The molecule has 2 N–H and O–H groups in total. The highest BCUT2D eigenvalue weighted by molar-refractivity contribution is 5.90. The highest BCUT2D eigenvalue weighted by atomic mass is 16.5. The van der Waals surface area contributed by atoms with Crippen molar-refractivity contribution in [3.8, 4) is 11.5 Å². The van der Waals surface area contributed by atoms with Crippen LogP contribution in [0.5, 0.6) is 11.5 Å². The normalized spacial score (nSPS) is 15.3. The second-order valence-electron chi connectivity index (χ2n) is 7.10. The Morgan fingerprint density at radius 2 is 1.76 bits per heavy atom. The molecule has 154 valence electrons. The molecule has 0 unspecified atom stereocenters. The van der Waals surface area contributed by atoms with Gasteiger partial charge in [0.2, 0.25) is 5.91 Å². The number of hydrogen-bond acceptors (Lipinski definition) is 4. The van der Waals surface area contributed by atoms with E-state index in [1.54, 1.807) is 19.1 Å². The number of fused-ring (bicyclic) bond motifs is 1. The topological polar surface area (TPSA) is 79.9 Å². The van der Waals surface area contributed by atoms with E-state index >= 15 is 0 Å². The number of nitrogens with zero attached hydrogens (tertiary/aromatic N) is 1. The zero-order valence-electron chi connectivity index (χ0n) is 17.2. The maximum atomic E-state index is 13.0. The van der Waals surface area contributed by atoms with Crippen molar-refractivity contribution >= 4 is 17.6 Å². The number of anilines is 1. The summed E-state index contributed by atoms with van der Waals surface area (Å²) in [6.45, 7) is 4.32. The Balaban J connectivity index is 1.91. The number of urea groups is 1. The van der Waals surface area contributed by atoms with Crippen molar-refractivity contribution in [2.24, 2.45) is 0 Å². The van der Waals surface area contributed by atoms with Gasteiger partial charge in [-0.1, -0.05) is 17.7 Å². The van der Waals surface area contributed by atoms with E-state index < -0.39 is 0 Å². The molecule has 7 heteroatoms. The van der Waals surface area contributed by atoms with Gasteiger partial charge >= 0.3 is 6.03 Å². The van der Waals surface area contributed by atoms with Crippen LogP contribution in [0.3, 0.4) is 0 Å². The van der Waals surface area contributed by atoms with E-state index in [9.17, 15) is 9.59 Å². The molecule has 3 amide bonds. The minimum absolute atomic E-state index is 0.142. The molecule has 1 atom stereocenters. The minimum Gasteiger partial charge on any atom is -0.493 e. The lowest BCUT2D eigenvalue weighted by Crippen LogP contribution is -2.46. The first-order valence-corrected chi connectivity index (χ1v) is 9.56. The maximum absolute atomic E-state index is 13.0. The Bertz CT molecular complexity index is 896. The Morgan fingerprint density at radius 3 is 2.38 bits per heavy atom. The van der Waals surface area contributed by atoms with Crippen molar-refractivity contribution in [1.29, 1.82) is 0 Å². The zero-order valence-corrected chi connectivity index (χ0v) is 17.2. The van der Waals surface area contributed by atoms with Crippen molar-refractivity contribution in [3.63, 3.8) is 0 Å². The average Bonchev–Trinajstić information content (AvgIpc) is 2.72. The molecule has 0 aromatic heterocycles. The highest BCUT2D eigenvalue weighted by Gasteiger charge is 2.32. The van der Waals surface area contributed by atoms with Gasteiger partial charge in [0.05, 0.1) is 20.3 Å². The predicted octanol–water partition coefficient (Wildman–Crippen LogP) is 3.28. The van der Waals surface area contributed by atoms with Gasteiger partial charge in [0.15, 0.2) is 11.5 Å². The van der Waals surface area contributed by atoms with Crippen molar-refractivity contribution < 1.29 is 19.1 Å². The summed E-state index contributed by atoms with van der Waals surface area (Å²) < 4.78 is 10.9. The lowest BCUT2D eigenvalue weighted by molar-refractivity contribution is -0.119. The van der Waals surface area contributed by atoms with Crippen LogP contribution in [0.1, 0.15) is 29.7 Å². The molecule has 1 aliphatic rings. The van der Waals surface area contributed by atoms with Gasteiger partial charge in [-0.3, -0.25) is 4.79 Å². The number of carbonyl (C=O) groups is 2. The number of benzene rings is 2. The molecule has 29 heavy (non-hydrogen) atoms. The third-order valence-electron chi connectivity index (χ3n) is 5.11. The molecule has 0 saturated heterocycles. The van der Waals surface area contributed by atoms with Crippen LogP contribution in [0.25, 0.3) is 0 Å². The predicted molar refractivity (Wildman–Crippen MR) is 112 cm³/mol. The summed E-state index contributed by atoms with van der Waals surface area (Å²) in [7, 11) is 3.18. The van der Waals surface area contributed by atoms with Gasteiger partial charge in [-0.25, -0.2) is 4.79 Å². The van der Waals surface area contributed by atoms with Crippen molar-refractivity contribution in [2.45, 2.75) is 26.3 Å². The summed E-state index contributed by atoms with van der Waals surface area (Å²) in [5.41, 5.74) is 3.88. The number of rotatable bonds is 5. The summed E-state index contributed by atoms with van der Waals surface area (Å²) >= 11 is 0. The lowest BCUT2D eigenvalue weighted by atomic mass is 9.92. The molecule has 0 aliphatic carbocycles. The van der Waals surface area contributed by atoms with E-state index in [4.69, 9.17) is 9.47 Å². The van der Waals surface area contributed by atoms with E-state index in [0.717, 1.165) is 22.4 Å². The van der Waals surface area contributed by atoms with Crippen LogP contribution >= 0.6 is 0 Å². The zero-order chi connectivity index (χ0) is 21.0. The van der Waals surface area contributed by atoms with E-state index in [0.29, 0.717) is 31.0 Å². The first kappa shape index (κ1) is 20.5. The smallest absolute Gasteiger partial charge is 0.322 e. The molecule has 0 radical (unpaired) electrons. The molecule has 1 aliphatic heterocycles. The number of amides is 3. The average molecular weight is 397 g/mol. The number of carbonyl (C=O) groups excluding carboxylic acids is 2. The molecular formula is C22H27N3O4. The second-order valence-corrected chi connectivity index (χ2v) is 7.10. The highest BCUT2D eigenvalue weighted by Crippen LogP contribution is 2.38. The van der Waals surface area contributed by atoms with Crippen LogP contribution in [0.2, 0.25) is 0 Å². The number of hydrogen-bond donors (Lipinski definition) is 2. The molecule has 0 fully saturated rings. The molecule has 0 saturated carbocycles. The fourth-order valence-corrected chi connectivity index (χ4v) is 3.56. The molecular weight excluding hydrogens is 370 g/mol. The summed E-state index contributed by atoms with van der Waals surface area (Å²) in [4.78, 5) is 26.3. The van der Waals surface area contributed by atoms with Gasteiger partial charge < -0.3 is 25.0 Å². The maximum Gasteiger partial charge on any atom is 0.322 e. The van der Waals surface area contributed by atoms with Crippen LogP contribution in [0.15, 0.2) is 36.4 Å². The molecule has 3 rings (SSSR count). The third kappa shape index (κ3) is 4.62. The lowest BCUT2D eigenvalue weighted by Gasteiger charge is -2.37. The number of nitrogens with one attached hydrogen (secondary N) is 2. The van der Waals surface area contributed by atoms with Crippen LogP contribution < -0.4 is 20.1 Å². The Morgan fingerprint density at radius 1 is 1.10 bits per heavy atom. The van der Waals surface area contributed by atoms with Crippen LogP contribution in [0, 0.1) is 6.92 Å². The van der Waals surface area contributed by atoms with E-state index in [1.165, 1.54) is 6.92 Å². The van der Waals surface area contributed by atoms with Gasteiger partial charge in [0.25, 0.3) is 0 Å².